The minimum absolute atomic E-state index is 0.00928. The van der Waals surface area contributed by atoms with Crippen molar-refractivity contribution in [3.63, 3.8) is 0 Å². The van der Waals surface area contributed by atoms with Gasteiger partial charge in [-0.2, -0.15) is 12.6 Å². The molecule has 1 aromatic carbocycles. The summed E-state index contributed by atoms with van der Waals surface area (Å²) >= 11 is 4.06. The number of pyridine rings is 1. The zero-order valence-electron chi connectivity index (χ0n) is 10.8. The van der Waals surface area contributed by atoms with Gasteiger partial charge in [-0.25, -0.2) is 0 Å². The Balaban J connectivity index is 2.27. The summed E-state index contributed by atoms with van der Waals surface area (Å²) < 4.78 is 0. The van der Waals surface area contributed by atoms with E-state index >= 15 is 0 Å². The van der Waals surface area contributed by atoms with Crippen molar-refractivity contribution in [2.75, 3.05) is 11.1 Å². The molecule has 98 valence electrons. The van der Waals surface area contributed by atoms with Crippen molar-refractivity contribution in [1.82, 2.24) is 4.98 Å². The molecule has 0 atom stereocenters. The fourth-order valence-corrected chi connectivity index (χ4v) is 2.00. The van der Waals surface area contributed by atoms with Crippen molar-refractivity contribution in [3.05, 3.63) is 48.3 Å². The molecule has 0 fully saturated rings. The molecule has 0 saturated heterocycles. The maximum Gasteiger partial charge on any atom is 0.225 e. The summed E-state index contributed by atoms with van der Waals surface area (Å²) in [6.07, 6.45) is 3.94. The Hall–Kier alpha value is -1.81. The highest BCUT2D eigenvalue weighted by Crippen LogP contribution is 2.25. The molecule has 0 aliphatic rings. The molecule has 0 spiro atoms. The van der Waals surface area contributed by atoms with Crippen molar-refractivity contribution in [3.8, 4) is 11.1 Å². The summed E-state index contributed by atoms with van der Waals surface area (Å²) in [4.78, 5) is 15.6. The van der Waals surface area contributed by atoms with Crippen LogP contribution in [0.2, 0.25) is 0 Å². The minimum Gasteiger partial charge on any atom is -0.326 e. The Bertz CT molecular complexity index is 570. The van der Waals surface area contributed by atoms with Gasteiger partial charge < -0.3 is 5.32 Å². The van der Waals surface area contributed by atoms with Crippen LogP contribution in [-0.4, -0.2) is 16.6 Å². The van der Waals surface area contributed by atoms with Crippen LogP contribution in [0.1, 0.15) is 12.0 Å². The molecule has 19 heavy (non-hydrogen) atoms. The Morgan fingerprint density at radius 3 is 2.63 bits per heavy atom. The number of hydrogen-bond acceptors (Lipinski definition) is 3. The lowest BCUT2D eigenvalue weighted by Crippen LogP contribution is -2.12. The van der Waals surface area contributed by atoms with Gasteiger partial charge in [-0.3, -0.25) is 9.78 Å². The number of aromatic nitrogens is 1. The quantitative estimate of drug-likeness (QED) is 0.838. The first-order valence-corrected chi connectivity index (χ1v) is 6.75. The first kappa shape index (κ1) is 13.6. The number of amides is 1. The molecule has 2 rings (SSSR count). The van der Waals surface area contributed by atoms with Gasteiger partial charge in [-0.05, 0) is 47.6 Å². The predicted molar refractivity (Wildman–Crippen MR) is 81.5 cm³/mol. The smallest absolute Gasteiger partial charge is 0.225 e. The molecule has 3 nitrogen and oxygen atoms in total. The number of anilines is 1. The summed E-state index contributed by atoms with van der Waals surface area (Å²) in [5, 5.41) is 2.92. The van der Waals surface area contributed by atoms with Crippen LogP contribution in [0.5, 0.6) is 0 Å². The second kappa shape index (κ2) is 6.38. The Labute approximate surface area is 118 Å². The lowest BCUT2D eigenvalue weighted by molar-refractivity contribution is -0.115. The van der Waals surface area contributed by atoms with E-state index in [0.717, 1.165) is 22.4 Å². The number of aryl methyl sites for hydroxylation is 1. The molecule has 0 unspecified atom stereocenters. The SMILES string of the molecule is Cc1ccc(-c2ccncc2)cc1NC(=O)CCS. The zero-order chi connectivity index (χ0) is 13.7. The Morgan fingerprint density at radius 1 is 1.21 bits per heavy atom. The monoisotopic (exact) mass is 272 g/mol. The highest BCUT2D eigenvalue weighted by molar-refractivity contribution is 7.80. The Morgan fingerprint density at radius 2 is 1.95 bits per heavy atom. The molecular formula is C15H16N2OS. The van der Waals surface area contributed by atoms with Gasteiger partial charge in [0.1, 0.15) is 0 Å². The Kier molecular flexibility index (Phi) is 4.58. The minimum atomic E-state index is -0.00928. The van der Waals surface area contributed by atoms with Crippen LogP contribution in [0.4, 0.5) is 5.69 Å². The van der Waals surface area contributed by atoms with Gasteiger partial charge >= 0.3 is 0 Å². The van der Waals surface area contributed by atoms with Gasteiger partial charge in [0.15, 0.2) is 0 Å². The molecule has 1 amide bonds. The van der Waals surface area contributed by atoms with Crippen molar-refractivity contribution in [2.45, 2.75) is 13.3 Å². The number of rotatable bonds is 4. The molecule has 2 aromatic rings. The second-order valence-electron chi connectivity index (χ2n) is 4.29. The normalized spacial score (nSPS) is 10.2. The summed E-state index contributed by atoms with van der Waals surface area (Å²) in [6, 6.07) is 9.93. The standard InChI is InChI=1S/C15H16N2OS/c1-11-2-3-13(12-4-7-16-8-5-12)10-14(11)17-15(18)6-9-19/h2-5,7-8,10,19H,6,9H2,1H3,(H,17,18). The average Bonchev–Trinajstić information content (AvgIpc) is 2.42. The first-order valence-electron chi connectivity index (χ1n) is 6.12. The number of carbonyl (C=O) groups is 1. The molecule has 0 radical (unpaired) electrons. The molecule has 0 bridgehead atoms. The maximum absolute atomic E-state index is 11.6. The van der Waals surface area contributed by atoms with Crippen molar-refractivity contribution in [2.24, 2.45) is 0 Å². The number of benzene rings is 1. The number of hydrogen-bond donors (Lipinski definition) is 2. The molecule has 4 heteroatoms. The highest BCUT2D eigenvalue weighted by atomic mass is 32.1. The van der Waals surface area contributed by atoms with E-state index in [-0.39, 0.29) is 5.91 Å². The lowest BCUT2D eigenvalue weighted by atomic mass is 10.0. The van der Waals surface area contributed by atoms with E-state index in [1.54, 1.807) is 12.4 Å². The summed E-state index contributed by atoms with van der Waals surface area (Å²) in [6.45, 7) is 1.98. The largest absolute Gasteiger partial charge is 0.326 e. The van der Waals surface area contributed by atoms with Crippen LogP contribution in [-0.2, 0) is 4.79 Å². The molecule has 1 N–H and O–H groups in total. The molecule has 1 heterocycles. The van der Waals surface area contributed by atoms with Crippen molar-refractivity contribution < 1.29 is 4.79 Å². The van der Waals surface area contributed by atoms with Crippen LogP contribution in [0, 0.1) is 6.92 Å². The van der Waals surface area contributed by atoms with Crippen LogP contribution in [0.25, 0.3) is 11.1 Å². The van der Waals surface area contributed by atoms with E-state index in [9.17, 15) is 4.79 Å². The van der Waals surface area contributed by atoms with E-state index in [2.05, 4.69) is 22.9 Å². The molecule has 0 aliphatic carbocycles. The summed E-state index contributed by atoms with van der Waals surface area (Å²) in [5.74, 6) is 0.541. The fourth-order valence-electron chi connectivity index (χ4n) is 1.79. The molecular weight excluding hydrogens is 256 g/mol. The maximum atomic E-state index is 11.6. The third kappa shape index (κ3) is 3.58. The molecule has 0 saturated carbocycles. The van der Waals surface area contributed by atoms with Crippen molar-refractivity contribution in [1.29, 1.82) is 0 Å². The third-order valence-electron chi connectivity index (χ3n) is 2.86. The first-order chi connectivity index (χ1) is 9.20. The van der Waals surface area contributed by atoms with Crippen LogP contribution >= 0.6 is 12.6 Å². The van der Waals surface area contributed by atoms with E-state index in [1.807, 2.05) is 37.3 Å². The predicted octanol–water partition coefficient (Wildman–Crippen LogP) is 3.32. The van der Waals surface area contributed by atoms with Gasteiger partial charge in [0, 0.05) is 24.5 Å². The lowest BCUT2D eigenvalue weighted by Gasteiger charge is -2.10. The highest BCUT2D eigenvalue weighted by Gasteiger charge is 2.06. The number of carbonyl (C=O) groups excluding carboxylic acids is 1. The van der Waals surface area contributed by atoms with Crippen LogP contribution in [0.3, 0.4) is 0 Å². The van der Waals surface area contributed by atoms with Gasteiger partial charge in [0.2, 0.25) is 5.91 Å². The van der Waals surface area contributed by atoms with Gasteiger partial charge in [0.05, 0.1) is 0 Å². The van der Waals surface area contributed by atoms with Gasteiger partial charge in [-0.15, -0.1) is 0 Å². The molecule has 0 aliphatic heterocycles. The van der Waals surface area contributed by atoms with E-state index in [4.69, 9.17) is 0 Å². The summed E-state index contributed by atoms with van der Waals surface area (Å²) in [7, 11) is 0. The third-order valence-corrected chi connectivity index (χ3v) is 3.09. The zero-order valence-corrected chi connectivity index (χ0v) is 11.7. The topological polar surface area (TPSA) is 42.0 Å². The van der Waals surface area contributed by atoms with Crippen LogP contribution in [0.15, 0.2) is 42.7 Å². The average molecular weight is 272 g/mol. The summed E-state index contributed by atoms with van der Waals surface area (Å²) in [5.41, 5.74) is 4.04. The van der Waals surface area contributed by atoms with E-state index < -0.39 is 0 Å². The van der Waals surface area contributed by atoms with E-state index in [1.165, 1.54) is 0 Å². The van der Waals surface area contributed by atoms with Crippen molar-refractivity contribution >= 4 is 24.2 Å². The molecule has 1 aromatic heterocycles. The van der Waals surface area contributed by atoms with Gasteiger partial charge in [0.25, 0.3) is 0 Å². The van der Waals surface area contributed by atoms with E-state index in [0.29, 0.717) is 12.2 Å². The number of thiol groups is 1. The van der Waals surface area contributed by atoms with Gasteiger partial charge in [-0.1, -0.05) is 12.1 Å². The fraction of sp³-hybridized carbons (Fsp3) is 0.200. The van der Waals surface area contributed by atoms with Crippen LogP contribution < -0.4 is 5.32 Å². The number of nitrogens with zero attached hydrogens (tertiary/aromatic N) is 1. The second-order valence-corrected chi connectivity index (χ2v) is 4.73. The number of nitrogens with one attached hydrogen (secondary N) is 1.